The van der Waals surface area contributed by atoms with Crippen molar-refractivity contribution in [3.05, 3.63) is 29.8 Å². The molecule has 1 aromatic carbocycles. The molecule has 0 aromatic heterocycles. The number of methoxy groups -OCH3 is 1. The summed E-state index contributed by atoms with van der Waals surface area (Å²) in [6, 6.07) is 8.98. The normalized spacial score (nSPS) is 24.7. The second kappa shape index (κ2) is 13.5. The number of likely N-dealkylation sites (tertiary alicyclic amines) is 2. The summed E-state index contributed by atoms with van der Waals surface area (Å²) in [5.74, 6) is 3.12. The minimum atomic E-state index is 0. The van der Waals surface area contributed by atoms with Crippen molar-refractivity contribution >= 4 is 29.9 Å². The quantitative estimate of drug-likeness (QED) is 0.305. The first-order valence-corrected chi connectivity index (χ1v) is 11.6. The molecule has 0 radical (unpaired) electrons. The summed E-state index contributed by atoms with van der Waals surface area (Å²) < 4.78 is 11.0. The van der Waals surface area contributed by atoms with Gasteiger partial charge in [-0.05, 0) is 70.3 Å². The van der Waals surface area contributed by atoms with Crippen LogP contribution >= 0.6 is 24.0 Å². The van der Waals surface area contributed by atoms with Gasteiger partial charge in [0.05, 0.1) is 13.7 Å². The van der Waals surface area contributed by atoms with E-state index in [0.29, 0.717) is 17.9 Å². The molecule has 2 fully saturated rings. The maximum atomic E-state index is 5.65. The average molecular weight is 545 g/mol. The van der Waals surface area contributed by atoms with Crippen LogP contribution in [-0.2, 0) is 4.74 Å². The van der Waals surface area contributed by atoms with Gasteiger partial charge in [-0.25, -0.2) is 0 Å². The lowest BCUT2D eigenvalue weighted by Crippen LogP contribution is -2.42. The average Bonchev–Trinajstić information content (AvgIpc) is 3.24. The summed E-state index contributed by atoms with van der Waals surface area (Å²) >= 11 is 0. The number of nitrogens with zero attached hydrogens (tertiary/aromatic N) is 3. The van der Waals surface area contributed by atoms with E-state index in [-0.39, 0.29) is 24.0 Å². The molecule has 3 atom stereocenters. The van der Waals surface area contributed by atoms with E-state index in [2.05, 4.69) is 60.3 Å². The van der Waals surface area contributed by atoms with Gasteiger partial charge in [-0.15, -0.1) is 24.0 Å². The number of hydrogen-bond acceptors (Lipinski definition) is 4. The summed E-state index contributed by atoms with van der Waals surface area (Å²) in [5.41, 5.74) is 1.36. The van der Waals surface area contributed by atoms with Crippen LogP contribution in [0.4, 0.5) is 0 Å². The van der Waals surface area contributed by atoms with Crippen LogP contribution in [0.25, 0.3) is 0 Å². The largest absolute Gasteiger partial charge is 0.497 e. The Labute approximate surface area is 205 Å². The predicted octanol–water partition coefficient (Wildman–Crippen LogP) is 4.02. The number of hydrogen-bond donors (Lipinski definition) is 1. The van der Waals surface area contributed by atoms with E-state index in [4.69, 9.17) is 14.5 Å². The van der Waals surface area contributed by atoms with Crippen LogP contribution in [0.15, 0.2) is 29.3 Å². The van der Waals surface area contributed by atoms with Gasteiger partial charge in [0, 0.05) is 44.7 Å². The molecule has 2 aliphatic rings. The van der Waals surface area contributed by atoms with Crippen molar-refractivity contribution in [1.82, 2.24) is 15.1 Å². The SMILES string of the molecule is CCNC(=NCC1CCCN(C)C1c1ccc(OC)cc1)N1CCC(COCC)C1.I. The number of piperidine rings is 1. The highest BCUT2D eigenvalue weighted by Gasteiger charge is 2.31. The van der Waals surface area contributed by atoms with E-state index in [1.54, 1.807) is 7.11 Å². The van der Waals surface area contributed by atoms with Crippen LogP contribution in [0.5, 0.6) is 5.75 Å². The molecule has 2 saturated heterocycles. The monoisotopic (exact) mass is 544 g/mol. The summed E-state index contributed by atoms with van der Waals surface area (Å²) in [6.07, 6.45) is 3.64. The lowest BCUT2D eigenvalue weighted by Gasteiger charge is -2.39. The zero-order valence-electron chi connectivity index (χ0n) is 19.7. The lowest BCUT2D eigenvalue weighted by atomic mass is 9.85. The number of aliphatic imine (C=N–C) groups is 1. The fourth-order valence-corrected chi connectivity index (χ4v) is 4.85. The van der Waals surface area contributed by atoms with Gasteiger partial charge in [0.25, 0.3) is 0 Å². The van der Waals surface area contributed by atoms with E-state index in [0.717, 1.165) is 57.6 Å². The molecule has 1 N–H and O–H groups in total. The maximum absolute atomic E-state index is 5.65. The molecule has 0 aliphatic carbocycles. The van der Waals surface area contributed by atoms with Crippen LogP contribution in [0.3, 0.4) is 0 Å². The van der Waals surface area contributed by atoms with E-state index >= 15 is 0 Å². The minimum Gasteiger partial charge on any atom is -0.497 e. The summed E-state index contributed by atoms with van der Waals surface area (Å²) in [5, 5.41) is 3.53. The number of guanidine groups is 1. The minimum absolute atomic E-state index is 0. The Hall–Kier alpha value is -1.06. The van der Waals surface area contributed by atoms with Crippen LogP contribution in [0.2, 0.25) is 0 Å². The van der Waals surface area contributed by atoms with Gasteiger partial charge >= 0.3 is 0 Å². The smallest absolute Gasteiger partial charge is 0.193 e. The maximum Gasteiger partial charge on any atom is 0.193 e. The lowest BCUT2D eigenvalue weighted by molar-refractivity contribution is 0.114. The molecule has 2 aliphatic heterocycles. The fourth-order valence-electron chi connectivity index (χ4n) is 4.85. The highest BCUT2D eigenvalue weighted by Crippen LogP contribution is 2.36. The first-order chi connectivity index (χ1) is 14.7. The van der Waals surface area contributed by atoms with Crippen LogP contribution in [-0.4, -0.2) is 75.9 Å². The molecule has 0 bridgehead atoms. The molecule has 3 rings (SSSR count). The second-order valence-electron chi connectivity index (χ2n) is 8.56. The van der Waals surface area contributed by atoms with Crippen molar-refractivity contribution in [2.75, 3.05) is 60.1 Å². The Morgan fingerprint density at radius 1 is 1.16 bits per heavy atom. The fraction of sp³-hybridized carbons (Fsp3) is 0.708. The molecule has 1 aromatic rings. The molecular weight excluding hydrogens is 503 g/mol. The molecule has 6 nitrogen and oxygen atoms in total. The number of rotatable bonds is 8. The topological polar surface area (TPSA) is 49.3 Å². The Morgan fingerprint density at radius 2 is 1.94 bits per heavy atom. The highest BCUT2D eigenvalue weighted by molar-refractivity contribution is 14.0. The van der Waals surface area contributed by atoms with Gasteiger partial charge in [-0.2, -0.15) is 0 Å². The number of benzene rings is 1. The Balaban J connectivity index is 0.00000341. The highest BCUT2D eigenvalue weighted by atomic mass is 127. The van der Waals surface area contributed by atoms with Gasteiger partial charge in [0.15, 0.2) is 5.96 Å². The van der Waals surface area contributed by atoms with Crippen molar-refractivity contribution in [3.63, 3.8) is 0 Å². The number of halogens is 1. The predicted molar refractivity (Wildman–Crippen MR) is 139 cm³/mol. The summed E-state index contributed by atoms with van der Waals surface area (Å²) in [6.45, 7) is 10.9. The Kier molecular flexibility index (Phi) is 11.4. The Morgan fingerprint density at radius 3 is 2.61 bits per heavy atom. The Bertz CT molecular complexity index is 670. The third kappa shape index (κ3) is 7.22. The van der Waals surface area contributed by atoms with Crippen LogP contribution in [0.1, 0.15) is 44.7 Å². The first kappa shape index (κ1) is 26.2. The molecule has 7 heteroatoms. The molecule has 31 heavy (non-hydrogen) atoms. The zero-order chi connectivity index (χ0) is 21.3. The summed E-state index contributed by atoms with van der Waals surface area (Å²) in [4.78, 5) is 10.0. The van der Waals surface area contributed by atoms with Gasteiger partial charge < -0.3 is 19.7 Å². The van der Waals surface area contributed by atoms with Gasteiger partial charge in [0.1, 0.15) is 5.75 Å². The zero-order valence-corrected chi connectivity index (χ0v) is 22.0. The molecule has 176 valence electrons. The first-order valence-electron chi connectivity index (χ1n) is 11.6. The molecule has 3 unspecified atom stereocenters. The van der Waals surface area contributed by atoms with Gasteiger partial charge in [-0.3, -0.25) is 9.89 Å². The van der Waals surface area contributed by atoms with E-state index < -0.39 is 0 Å². The van der Waals surface area contributed by atoms with Crippen molar-refractivity contribution in [3.8, 4) is 5.75 Å². The van der Waals surface area contributed by atoms with Gasteiger partial charge in [0.2, 0.25) is 0 Å². The van der Waals surface area contributed by atoms with Crippen molar-refractivity contribution in [2.24, 2.45) is 16.8 Å². The molecule has 0 saturated carbocycles. The van der Waals surface area contributed by atoms with Crippen molar-refractivity contribution < 1.29 is 9.47 Å². The van der Waals surface area contributed by atoms with Crippen LogP contribution < -0.4 is 10.1 Å². The molecule has 0 amide bonds. The molecule has 0 spiro atoms. The standard InChI is InChI=1S/C24H40N4O2.HI/c1-5-25-24(28-15-13-19(17-28)18-30-6-2)26-16-21-8-7-14-27(3)23(21)20-9-11-22(29-4)12-10-20;/h9-12,19,21,23H,5-8,13-18H2,1-4H3,(H,25,26);1H. The third-order valence-corrected chi connectivity index (χ3v) is 6.42. The third-order valence-electron chi connectivity index (χ3n) is 6.42. The van der Waals surface area contributed by atoms with Crippen molar-refractivity contribution in [1.29, 1.82) is 0 Å². The second-order valence-corrected chi connectivity index (χ2v) is 8.56. The van der Waals surface area contributed by atoms with E-state index in [9.17, 15) is 0 Å². The summed E-state index contributed by atoms with van der Waals surface area (Å²) in [7, 11) is 3.97. The van der Waals surface area contributed by atoms with Crippen LogP contribution in [0, 0.1) is 11.8 Å². The van der Waals surface area contributed by atoms with E-state index in [1.807, 2.05) is 0 Å². The van der Waals surface area contributed by atoms with E-state index in [1.165, 1.54) is 24.8 Å². The number of nitrogens with one attached hydrogen (secondary N) is 1. The van der Waals surface area contributed by atoms with Gasteiger partial charge in [-0.1, -0.05) is 12.1 Å². The molecule has 2 heterocycles. The van der Waals surface area contributed by atoms with Crippen molar-refractivity contribution in [2.45, 2.75) is 39.2 Å². The molecular formula is C24H41IN4O2. The number of ether oxygens (including phenoxy) is 2.